The minimum absolute atomic E-state index is 0.264. The van der Waals surface area contributed by atoms with E-state index in [1.807, 2.05) is 0 Å². The lowest BCUT2D eigenvalue weighted by Crippen LogP contribution is -2.23. The van der Waals surface area contributed by atoms with Crippen LogP contribution in [0.15, 0.2) is 36.9 Å². The number of carbonyl (C=O) groups excluding carboxylic acids is 1. The second-order valence-corrected chi connectivity index (χ2v) is 4.88. The maximum Gasteiger partial charge on any atom is 0.573 e. The Bertz CT molecular complexity index is 672. The van der Waals surface area contributed by atoms with Crippen LogP contribution in [0, 0.1) is 5.92 Å². The van der Waals surface area contributed by atoms with Crippen LogP contribution in [0.1, 0.15) is 17.9 Å². The number of alkyl halides is 3. The van der Waals surface area contributed by atoms with E-state index in [2.05, 4.69) is 20.4 Å². The van der Waals surface area contributed by atoms with Crippen molar-refractivity contribution in [1.29, 1.82) is 0 Å². The van der Waals surface area contributed by atoms with Gasteiger partial charge in [0.2, 0.25) is 5.91 Å². The van der Waals surface area contributed by atoms with E-state index in [1.54, 1.807) is 6.07 Å². The number of halogens is 3. The second kappa shape index (κ2) is 5.32. The maximum atomic E-state index is 12.4. The molecule has 1 heterocycles. The largest absolute Gasteiger partial charge is 0.573 e. The first-order valence-corrected chi connectivity index (χ1v) is 6.44. The number of hydrogen-bond donors (Lipinski definition) is 1. The number of hydrogen-bond acceptors (Lipinski definition) is 4. The Hall–Kier alpha value is -2.58. The van der Waals surface area contributed by atoms with Gasteiger partial charge in [0.15, 0.2) is 0 Å². The summed E-state index contributed by atoms with van der Waals surface area (Å²) in [5.74, 6) is -1.26. The van der Waals surface area contributed by atoms with Crippen molar-refractivity contribution in [3.05, 3.63) is 42.5 Å². The molecular formula is C13H11F3N4O2. The van der Waals surface area contributed by atoms with Crippen LogP contribution in [-0.4, -0.2) is 27.1 Å². The van der Waals surface area contributed by atoms with Gasteiger partial charge >= 0.3 is 6.36 Å². The molecule has 1 aromatic carbocycles. The molecule has 2 aromatic rings. The van der Waals surface area contributed by atoms with Crippen LogP contribution in [-0.2, 0) is 4.79 Å². The lowest BCUT2D eigenvalue weighted by Gasteiger charge is -2.13. The lowest BCUT2D eigenvalue weighted by atomic mass is 10.1. The van der Waals surface area contributed by atoms with Crippen molar-refractivity contribution in [2.24, 2.45) is 5.92 Å². The number of aromatic nitrogens is 3. The zero-order valence-corrected chi connectivity index (χ0v) is 11.1. The van der Waals surface area contributed by atoms with Gasteiger partial charge in [-0.15, -0.1) is 23.4 Å². The predicted octanol–water partition coefficient (Wildman–Crippen LogP) is 2.05. The highest BCUT2D eigenvalue weighted by atomic mass is 19.4. The van der Waals surface area contributed by atoms with Crippen LogP contribution >= 0.6 is 0 Å². The molecule has 1 saturated carbocycles. The first-order valence-electron chi connectivity index (χ1n) is 6.44. The standard InChI is InChI=1S/C13H11F3N4O2/c14-13(15,16)22-11-4-2-1-3-8(11)9-5-10(9)12(21)19-20-6-17-18-7-20/h1-4,6-7,9-10H,5H2,(H,19,21)/t9-,10-/m1/s1. The van der Waals surface area contributed by atoms with Crippen LogP contribution in [0.2, 0.25) is 0 Å². The summed E-state index contributed by atoms with van der Waals surface area (Å²) in [6.07, 6.45) is -1.66. The summed E-state index contributed by atoms with van der Waals surface area (Å²) >= 11 is 0. The van der Waals surface area contributed by atoms with E-state index in [0.29, 0.717) is 12.0 Å². The molecule has 1 fully saturated rings. The molecule has 1 amide bonds. The van der Waals surface area contributed by atoms with E-state index in [9.17, 15) is 18.0 Å². The molecular weight excluding hydrogens is 301 g/mol. The van der Waals surface area contributed by atoms with Crippen molar-refractivity contribution < 1.29 is 22.7 Å². The molecule has 0 saturated heterocycles. The maximum absolute atomic E-state index is 12.4. The molecule has 0 unspecified atom stereocenters. The average molecular weight is 312 g/mol. The normalized spacial score (nSPS) is 20.5. The van der Waals surface area contributed by atoms with Gasteiger partial charge in [0.1, 0.15) is 18.4 Å². The summed E-state index contributed by atoms with van der Waals surface area (Å²) in [5.41, 5.74) is 2.92. The zero-order valence-electron chi connectivity index (χ0n) is 11.1. The number of carbonyl (C=O) groups is 1. The molecule has 0 spiro atoms. The molecule has 0 radical (unpaired) electrons. The van der Waals surface area contributed by atoms with Crippen molar-refractivity contribution in [3.63, 3.8) is 0 Å². The molecule has 0 bridgehead atoms. The summed E-state index contributed by atoms with van der Waals surface area (Å²) in [6.45, 7) is 0. The van der Waals surface area contributed by atoms with Crippen LogP contribution in [0.3, 0.4) is 0 Å². The van der Waals surface area contributed by atoms with Gasteiger partial charge in [-0.3, -0.25) is 10.2 Å². The van der Waals surface area contributed by atoms with E-state index in [1.165, 1.54) is 35.5 Å². The average Bonchev–Trinajstić information content (AvgIpc) is 3.08. The number of para-hydroxylation sites is 1. The summed E-state index contributed by atoms with van der Waals surface area (Å²) in [6, 6.07) is 5.86. The van der Waals surface area contributed by atoms with Crippen LogP contribution in [0.5, 0.6) is 5.75 Å². The molecule has 1 aromatic heterocycles. The molecule has 6 nitrogen and oxygen atoms in total. The lowest BCUT2D eigenvalue weighted by molar-refractivity contribution is -0.274. The Labute approximate surface area is 122 Å². The number of rotatable bonds is 4. The number of ether oxygens (including phenoxy) is 1. The van der Waals surface area contributed by atoms with Crippen molar-refractivity contribution in [2.45, 2.75) is 18.7 Å². The van der Waals surface area contributed by atoms with Gasteiger partial charge in [-0.2, -0.15) is 0 Å². The minimum atomic E-state index is -4.76. The molecule has 9 heteroatoms. The fourth-order valence-corrected chi connectivity index (χ4v) is 2.30. The first kappa shape index (κ1) is 14.4. The number of benzene rings is 1. The second-order valence-electron chi connectivity index (χ2n) is 4.88. The third kappa shape index (κ3) is 3.18. The van der Waals surface area contributed by atoms with Gasteiger partial charge < -0.3 is 4.74 Å². The van der Waals surface area contributed by atoms with E-state index in [-0.39, 0.29) is 17.6 Å². The molecule has 2 atom stereocenters. The van der Waals surface area contributed by atoms with E-state index in [4.69, 9.17) is 0 Å². The fourth-order valence-electron chi connectivity index (χ4n) is 2.30. The molecule has 1 aliphatic carbocycles. The topological polar surface area (TPSA) is 69.0 Å². The van der Waals surface area contributed by atoms with Crippen LogP contribution in [0.4, 0.5) is 13.2 Å². The highest BCUT2D eigenvalue weighted by Crippen LogP contribution is 2.51. The Morgan fingerprint density at radius 1 is 1.27 bits per heavy atom. The van der Waals surface area contributed by atoms with Gasteiger partial charge in [0.25, 0.3) is 0 Å². The van der Waals surface area contributed by atoms with Crippen molar-refractivity contribution in [1.82, 2.24) is 14.9 Å². The third-order valence-corrected chi connectivity index (χ3v) is 3.33. The van der Waals surface area contributed by atoms with Gasteiger partial charge in [-0.1, -0.05) is 18.2 Å². The fraction of sp³-hybridized carbons (Fsp3) is 0.308. The van der Waals surface area contributed by atoms with E-state index in [0.717, 1.165) is 0 Å². The van der Waals surface area contributed by atoms with Crippen LogP contribution < -0.4 is 10.2 Å². The number of nitrogens with one attached hydrogen (secondary N) is 1. The van der Waals surface area contributed by atoms with Gasteiger partial charge in [0, 0.05) is 5.92 Å². The van der Waals surface area contributed by atoms with E-state index < -0.39 is 12.3 Å². The van der Waals surface area contributed by atoms with Gasteiger partial charge in [0.05, 0.1) is 0 Å². The summed E-state index contributed by atoms with van der Waals surface area (Å²) in [4.78, 5) is 12.0. The number of amides is 1. The van der Waals surface area contributed by atoms with Crippen molar-refractivity contribution in [3.8, 4) is 5.75 Å². The summed E-state index contributed by atoms with van der Waals surface area (Å²) in [5, 5.41) is 7.08. The van der Waals surface area contributed by atoms with Crippen LogP contribution in [0.25, 0.3) is 0 Å². The summed E-state index contributed by atoms with van der Waals surface area (Å²) < 4.78 is 42.5. The SMILES string of the molecule is O=C(Nn1cnnc1)[C@@H]1C[C@@H]1c1ccccc1OC(F)(F)F. The highest BCUT2D eigenvalue weighted by molar-refractivity contribution is 5.89. The molecule has 3 rings (SSSR count). The van der Waals surface area contributed by atoms with Crippen molar-refractivity contribution in [2.75, 3.05) is 5.43 Å². The van der Waals surface area contributed by atoms with Gasteiger partial charge in [-0.05, 0) is 24.0 Å². The summed E-state index contributed by atoms with van der Waals surface area (Å²) in [7, 11) is 0. The Balaban J connectivity index is 1.70. The zero-order chi connectivity index (χ0) is 15.7. The Morgan fingerprint density at radius 3 is 2.64 bits per heavy atom. The molecule has 0 aliphatic heterocycles. The molecule has 116 valence electrons. The van der Waals surface area contributed by atoms with Crippen molar-refractivity contribution >= 4 is 5.91 Å². The van der Waals surface area contributed by atoms with Gasteiger partial charge in [-0.25, -0.2) is 4.68 Å². The minimum Gasteiger partial charge on any atom is -0.405 e. The Kier molecular flexibility index (Phi) is 3.47. The highest BCUT2D eigenvalue weighted by Gasteiger charge is 2.46. The molecule has 1 N–H and O–H groups in total. The molecule has 1 aliphatic rings. The monoisotopic (exact) mass is 312 g/mol. The van der Waals surface area contributed by atoms with E-state index >= 15 is 0 Å². The molecule has 22 heavy (non-hydrogen) atoms. The first-order chi connectivity index (χ1) is 10.4. The third-order valence-electron chi connectivity index (χ3n) is 3.33. The Morgan fingerprint density at radius 2 is 1.95 bits per heavy atom. The smallest absolute Gasteiger partial charge is 0.405 e. The number of nitrogens with zero attached hydrogens (tertiary/aromatic N) is 3. The predicted molar refractivity (Wildman–Crippen MR) is 68.4 cm³/mol. The quantitative estimate of drug-likeness (QED) is 0.938.